The number of fused-ring (bicyclic) bond motifs is 1. The van der Waals surface area contributed by atoms with Gasteiger partial charge in [-0.2, -0.15) is 5.26 Å². The number of aliphatic imine (C=N–C) groups is 2. The van der Waals surface area contributed by atoms with Gasteiger partial charge >= 0.3 is 0 Å². The zero-order valence-corrected chi connectivity index (χ0v) is 18.7. The number of dihydropyridines is 1. The molecule has 0 saturated carbocycles. The molecule has 7 nitrogen and oxygen atoms in total. The Morgan fingerprint density at radius 1 is 1.19 bits per heavy atom. The molecule has 0 spiro atoms. The summed E-state index contributed by atoms with van der Waals surface area (Å²) in [5.74, 6) is 1.32. The van der Waals surface area contributed by atoms with Crippen LogP contribution in [0.25, 0.3) is 5.70 Å². The highest BCUT2D eigenvalue weighted by Crippen LogP contribution is 2.27. The maximum absolute atomic E-state index is 9.37. The summed E-state index contributed by atoms with van der Waals surface area (Å²) in [6.07, 6.45) is 5.53. The number of pyridine rings is 1. The molecule has 0 aliphatic carbocycles. The van der Waals surface area contributed by atoms with Crippen LogP contribution in [0.3, 0.4) is 0 Å². The van der Waals surface area contributed by atoms with Crippen LogP contribution >= 0.6 is 0 Å². The van der Waals surface area contributed by atoms with Gasteiger partial charge in [0.25, 0.3) is 0 Å². The number of aromatic nitrogens is 1. The Bertz CT molecular complexity index is 1180. The minimum Gasteiger partial charge on any atom is -0.377 e. The predicted octanol–water partition coefficient (Wildman–Crippen LogP) is 3.96. The molecule has 2 aromatic rings. The van der Waals surface area contributed by atoms with Crippen molar-refractivity contribution < 1.29 is 4.74 Å². The van der Waals surface area contributed by atoms with E-state index < -0.39 is 5.41 Å². The molecule has 0 fully saturated rings. The number of benzene rings is 1. The smallest absolute Gasteiger partial charge is 0.154 e. The lowest BCUT2D eigenvalue weighted by molar-refractivity contribution is 0.244. The predicted molar refractivity (Wildman–Crippen MR) is 127 cm³/mol. The van der Waals surface area contributed by atoms with E-state index >= 15 is 0 Å². The first-order valence-electron chi connectivity index (χ1n) is 10.4. The van der Waals surface area contributed by atoms with E-state index in [0.29, 0.717) is 18.3 Å². The molecule has 7 heteroatoms. The Morgan fingerprint density at radius 2 is 1.97 bits per heavy atom. The second-order valence-corrected chi connectivity index (χ2v) is 8.30. The van der Waals surface area contributed by atoms with E-state index in [1.54, 1.807) is 13.3 Å². The molecule has 0 bridgehead atoms. The third-order valence-electron chi connectivity index (χ3n) is 5.50. The molecule has 1 aromatic heterocycles. The SMILES string of the molecule is COCC1=NC2NC(c3ncccc3C)=CC=C2C(Nc2ccc(C(C)(C)C#N)cc2)=N1. The molecular formula is C25H26N6O. The molecule has 0 amide bonds. The van der Waals surface area contributed by atoms with Crippen molar-refractivity contribution in [3.8, 4) is 6.07 Å². The number of ether oxygens (including phenoxy) is 1. The van der Waals surface area contributed by atoms with E-state index in [4.69, 9.17) is 9.73 Å². The molecule has 2 aliphatic heterocycles. The van der Waals surface area contributed by atoms with Crippen molar-refractivity contribution in [2.24, 2.45) is 9.98 Å². The van der Waals surface area contributed by atoms with E-state index in [-0.39, 0.29) is 6.17 Å². The summed E-state index contributed by atoms with van der Waals surface area (Å²) < 4.78 is 5.29. The normalized spacial score (nSPS) is 17.7. The molecule has 1 aromatic carbocycles. The molecular weight excluding hydrogens is 400 g/mol. The van der Waals surface area contributed by atoms with Crippen LogP contribution in [0.1, 0.15) is 30.7 Å². The molecule has 1 unspecified atom stereocenters. The standard InChI is InChI=1S/C25H26N6O/c1-16-6-5-13-27-22(16)20-12-11-19-23(30-21(14-32-4)31-24(19)29-20)28-18-9-7-17(8-10-18)25(2,3)15-26/h5-13,24,29H,14H2,1-4H3,(H,28,30,31). The van der Waals surface area contributed by atoms with E-state index in [2.05, 4.69) is 26.7 Å². The number of hydrogen-bond donors (Lipinski definition) is 2. The zero-order chi connectivity index (χ0) is 22.7. The van der Waals surface area contributed by atoms with Crippen molar-refractivity contribution in [3.05, 3.63) is 77.1 Å². The van der Waals surface area contributed by atoms with Crippen LogP contribution in [0.5, 0.6) is 0 Å². The van der Waals surface area contributed by atoms with Crippen molar-refractivity contribution in [2.45, 2.75) is 32.4 Å². The maximum Gasteiger partial charge on any atom is 0.154 e. The second kappa shape index (κ2) is 8.77. The second-order valence-electron chi connectivity index (χ2n) is 8.30. The lowest BCUT2D eigenvalue weighted by Crippen LogP contribution is -2.40. The summed E-state index contributed by atoms with van der Waals surface area (Å²) in [7, 11) is 1.63. The van der Waals surface area contributed by atoms with E-state index in [0.717, 1.165) is 33.8 Å². The number of methoxy groups -OCH3 is 1. The summed E-state index contributed by atoms with van der Waals surface area (Å²) >= 11 is 0. The molecule has 162 valence electrons. The Hall–Kier alpha value is -3.76. The van der Waals surface area contributed by atoms with Gasteiger partial charge in [-0.25, -0.2) is 9.98 Å². The van der Waals surface area contributed by atoms with Crippen LogP contribution in [-0.4, -0.2) is 36.5 Å². The summed E-state index contributed by atoms with van der Waals surface area (Å²) in [6.45, 7) is 6.17. The first-order valence-corrected chi connectivity index (χ1v) is 10.4. The van der Waals surface area contributed by atoms with Gasteiger partial charge in [0.2, 0.25) is 0 Å². The first kappa shape index (κ1) is 21.5. The molecule has 0 radical (unpaired) electrons. The fraction of sp³-hybridized carbons (Fsp3) is 0.280. The summed E-state index contributed by atoms with van der Waals surface area (Å²) in [4.78, 5) is 13.9. The highest BCUT2D eigenvalue weighted by atomic mass is 16.5. The Kier molecular flexibility index (Phi) is 5.89. The highest BCUT2D eigenvalue weighted by molar-refractivity contribution is 6.16. The number of aryl methyl sites for hydroxylation is 1. The van der Waals surface area contributed by atoms with Gasteiger partial charge in [0.15, 0.2) is 12.0 Å². The molecule has 2 aliphatic rings. The Morgan fingerprint density at radius 3 is 2.66 bits per heavy atom. The van der Waals surface area contributed by atoms with Crippen LogP contribution in [0.15, 0.2) is 70.3 Å². The average Bonchev–Trinajstić information content (AvgIpc) is 2.79. The van der Waals surface area contributed by atoms with Crippen LogP contribution in [-0.2, 0) is 10.2 Å². The molecule has 2 N–H and O–H groups in total. The molecule has 1 atom stereocenters. The zero-order valence-electron chi connectivity index (χ0n) is 18.7. The quantitative estimate of drug-likeness (QED) is 0.755. The number of hydrogen-bond acceptors (Lipinski definition) is 7. The van der Waals surface area contributed by atoms with Gasteiger partial charge in [-0.1, -0.05) is 18.2 Å². The third kappa shape index (κ3) is 4.32. The first-order chi connectivity index (χ1) is 15.4. The van der Waals surface area contributed by atoms with Crippen LogP contribution in [0.4, 0.5) is 5.69 Å². The minimum absolute atomic E-state index is 0.293. The molecule has 0 saturated heterocycles. The van der Waals surface area contributed by atoms with Crippen LogP contribution in [0, 0.1) is 18.3 Å². The lowest BCUT2D eigenvalue weighted by Gasteiger charge is -2.29. The van der Waals surface area contributed by atoms with E-state index in [1.807, 2.05) is 69.3 Å². The topological polar surface area (TPSA) is 94.7 Å². The average molecular weight is 427 g/mol. The minimum atomic E-state index is -0.537. The van der Waals surface area contributed by atoms with E-state index in [1.165, 1.54) is 0 Å². The van der Waals surface area contributed by atoms with Gasteiger partial charge in [-0.3, -0.25) is 4.98 Å². The number of allylic oxidation sites excluding steroid dienone is 2. The van der Waals surface area contributed by atoms with Crippen molar-refractivity contribution in [2.75, 3.05) is 19.0 Å². The summed E-state index contributed by atoms with van der Waals surface area (Å²) in [5, 5.41) is 16.3. The number of rotatable bonds is 5. The molecule has 3 heterocycles. The lowest BCUT2D eigenvalue weighted by atomic mass is 9.86. The van der Waals surface area contributed by atoms with Crippen LogP contribution < -0.4 is 10.6 Å². The van der Waals surface area contributed by atoms with Crippen LogP contribution in [0.2, 0.25) is 0 Å². The summed E-state index contributed by atoms with van der Waals surface area (Å²) in [5.41, 5.74) is 5.16. The summed E-state index contributed by atoms with van der Waals surface area (Å²) in [6, 6.07) is 14.2. The van der Waals surface area contributed by atoms with Gasteiger partial charge in [0.1, 0.15) is 12.4 Å². The molecule has 4 rings (SSSR count). The number of nitrogens with one attached hydrogen (secondary N) is 2. The highest BCUT2D eigenvalue weighted by Gasteiger charge is 2.28. The Labute approximate surface area is 188 Å². The van der Waals surface area contributed by atoms with Gasteiger partial charge in [0, 0.05) is 24.6 Å². The number of nitrogens with zero attached hydrogens (tertiary/aromatic N) is 4. The number of nitriles is 1. The van der Waals surface area contributed by atoms with Gasteiger partial charge in [-0.05, 0) is 62.2 Å². The van der Waals surface area contributed by atoms with E-state index in [9.17, 15) is 5.26 Å². The van der Waals surface area contributed by atoms with Crippen molar-refractivity contribution >= 4 is 23.1 Å². The van der Waals surface area contributed by atoms with Gasteiger partial charge < -0.3 is 15.4 Å². The third-order valence-corrected chi connectivity index (χ3v) is 5.50. The fourth-order valence-corrected chi connectivity index (χ4v) is 3.60. The Balaban J connectivity index is 1.64. The number of anilines is 1. The largest absolute Gasteiger partial charge is 0.377 e. The van der Waals surface area contributed by atoms with Gasteiger partial charge in [0.05, 0.1) is 22.9 Å². The molecule has 32 heavy (non-hydrogen) atoms. The van der Waals surface area contributed by atoms with Crippen molar-refractivity contribution in [3.63, 3.8) is 0 Å². The maximum atomic E-state index is 9.37. The monoisotopic (exact) mass is 426 g/mol. The van der Waals surface area contributed by atoms with Crippen molar-refractivity contribution in [1.82, 2.24) is 10.3 Å². The fourth-order valence-electron chi connectivity index (χ4n) is 3.60. The van der Waals surface area contributed by atoms with Gasteiger partial charge in [-0.15, -0.1) is 0 Å². The number of amidine groups is 2. The van der Waals surface area contributed by atoms with Crippen molar-refractivity contribution in [1.29, 1.82) is 5.26 Å².